The van der Waals surface area contributed by atoms with Crippen LogP contribution in [-0.4, -0.2) is 24.0 Å². The summed E-state index contributed by atoms with van der Waals surface area (Å²) >= 11 is 1.41. The van der Waals surface area contributed by atoms with E-state index in [-0.39, 0.29) is 6.54 Å². The molecule has 0 fully saturated rings. The van der Waals surface area contributed by atoms with Crippen LogP contribution in [0.3, 0.4) is 0 Å². The highest BCUT2D eigenvalue weighted by molar-refractivity contribution is 7.11. The van der Waals surface area contributed by atoms with Crippen molar-refractivity contribution in [2.24, 2.45) is 0 Å². The van der Waals surface area contributed by atoms with Crippen LogP contribution >= 0.6 is 11.3 Å². The van der Waals surface area contributed by atoms with Crippen LogP contribution in [0.15, 0.2) is 48.5 Å². The Balaban J connectivity index is 1.82. The number of alkyl halides is 3. The number of nitrogens with zero attached hydrogens (tertiary/aromatic N) is 2. The number of hydrogen-bond donors (Lipinski definition) is 0. The first-order valence-electron chi connectivity index (χ1n) is 9.76. The molecule has 2 aromatic carbocycles. The molecule has 4 rings (SSSR count). The third kappa shape index (κ3) is 4.77. The minimum absolute atomic E-state index is 0.00435. The molecule has 2 heterocycles. The van der Waals surface area contributed by atoms with Crippen LogP contribution in [-0.2, 0) is 12.7 Å². The van der Waals surface area contributed by atoms with E-state index in [4.69, 9.17) is 9.47 Å². The smallest absolute Gasteiger partial charge is 0.416 e. The van der Waals surface area contributed by atoms with Gasteiger partial charge in [0.05, 0.1) is 17.0 Å². The Labute approximate surface area is 190 Å². The Morgan fingerprint density at radius 2 is 1.82 bits per heavy atom. The number of benzene rings is 2. The standard InChI is InChI=1S/C22H17F3N2O5S/c1-13-2-5-16(33-13)12-26(15-4-7-19-20(11-15)32-9-8-31-19)21(28)17-10-14(22(23,24)25)3-6-18(17)27(29)30/h2-7,10-11H,8-9,12H2,1H3. The van der Waals surface area contributed by atoms with Gasteiger partial charge in [-0.25, -0.2) is 0 Å². The van der Waals surface area contributed by atoms with Crippen LogP contribution in [0.1, 0.15) is 25.7 Å². The van der Waals surface area contributed by atoms with Gasteiger partial charge in [-0.2, -0.15) is 13.2 Å². The lowest BCUT2D eigenvalue weighted by Gasteiger charge is -2.25. The number of halogens is 3. The molecule has 0 aliphatic carbocycles. The van der Waals surface area contributed by atoms with E-state index in [1.54, 1.807) is 18.2 Å². The second-order valence-electron chi connectivity index (χ2n) is 7.22. The van der Waals surface area contributed by atoms with Gasteiger partial charge in [-0.1, -0.05) is 0 Å². The first-order valence-corrected chi connectivity index (χ1v) is 10.6. The van der Waals surface area contributed by atoms with E-state index in [2.05, 4.69) is 0 Å². The molecule has 172 valence electrons. The number of rotatable bonds is 5. The van der Waals surface area contributed by atoms with Crippen molar-refractivity contribution in [1.29, 1.82) is 0 Å². The molecule has 0 spiro atoms. The third-order valence-corrected chi connectivity index (χ3v) is 5.93. The highest BCUT2D eigenvalue weighted by Crippen LogP contribution is 2.37. The molecule has 11 heteroatoms. The Morgan fingerprint density at radius 3 is 2.45 bits per heavy atom. The first-order chi connectivity index (χ1) is 15.6. The van der Waals surface area contributed by atoms with Crippen LogP contribution < -0.4 is 14.4 Å². The largest absolute Gasteiger partial charge is 0.486 e. The maximum absolute atomic E-state index is 13.5. The van der Waals surface area contributed by atoms with Gasteiger partial charge in [0, 0.05) is 27.6 Å². The molecule has 1 aromatic heterocycles. The highest BCUT2D eigenvalue weighted by atomic mass is 32.1. The topological polar surface area (TPSA) is 81.9 Å². The second-order valence-corrected chi connectivity index (χ2v) is 8.59. The maximum Gasteiger partial charge on any atom is 0.416 e. The summed E-state index contributed by atoms with van der Waals surface area (Å²) in [6.45, 7) is 2.54. The number of aryl methyl sites for hydroxylation is 1. The van der Waals surface area contributed by atoms with Gasteiger partial charge in [-0.3, -0.25) is 14.9 Å². The fraction of sp³-hybridized carbons (Fsp3) is 0.227. The molecule has 33 heavy (non-hydrogen) atoms. The van der Waals surface area contributed by atoms with Crippen molar-refractivity contribution >= 4 is 28.6 Å². The lowest BCUT2D eigenvalue weighted by Crippen LogP contribution is -2.31. The van der Waals surface area contributed by atoms with Gasteiger partial charge < -0.3 is 14.4 Å². The summed E-state index contributed by atoms with van der Waals surface area (Å²) in [5.41, 5.74) is -2.21. The Morgan fingerprint density at radius 1 is 1.09 bits per heavy atom. The molecular formula is C22H17F3N2O5S. The van der Waals surface area contributed by atoms with Crippen molar-refractivity contribution in [3.05, 3.63) is 79.5 Å². The fourth-order valence-corrected chi connectivity index (χ4v) is 4.27. The molecule has 7 nitrogen and oxygen atoms in total. The predicted molar refractivity (Wildman–Crippen MR) is 115 cm³/mol. The van der Waals surface area contributed by atoms with E-state index in [9.17, 15) is 28.1 Å². The zero-order valence-corrected chi connectivity index (χ0v) is 18.0. The third-order valence-electron chi connectivity index (χ3n) is 4.94. The average Bonchev–Trinajstić information content (AvgIpc) is 3.20. The highest BCUT2D eigenvalue weighted by Gasteiger charge is 2.35. The second kappa shape index (κ2) is 8.74. The molecule has 0 unspecified atom stereocenters. The van der Waals surface area contributed by atoms with Crippen molar-refractivity contribution in [1.82, 2.24) is 0 Å². The summed E-state index contributed by atoms with van der Waals surface area (Å²) < 4.78 is 51.0. The number of carbonyl (C=O) groups excluding carboxylic acids is 1. The van der Waals surface area contributed by atoms with Gasteiger partial charge in [0.2, 0.25) is 0 Å². The van der Waals surface area contributed by atoms with E-state index in [0.717, 1.165) is 9.75 Å². The summed E-state index contributed by atoms with van der Waals surface area (Å²) in [6.07, 6.45) is -4.77. The van der Waals surface area contributed by atoms with E-state index < -0.39 is 33.8 Å². The number of nitro benzene ring substituents is 1. The SMILES string of the molecule is Cc1ccc(CN(C(=O)c2cc(C(F)(F)F)ccc2[N+](=O)[O-])c2ccc3c(c2)OCCO3)s1. The summed E-state index contributed by atoms with van der Waals surface area (Å²) in [4.78, 5) is 27.1. The molecule has 0 atom stereocenters. The molecule has 3 aromatic rings. The van der Waals surface area contributed by atoms with Crippen LogP contribution in [0.25, 0.3) is 0 Å². The normalized spacial score (nSPS) is 13.0. The number of amides is 1. The van der Waals surface area contributed by atoms with Crippen LogP contribution in [0.4, 0.5) is 24.5 Å². The van der Waals surface area contributed by atoms with Crippen molar-refractivity contribution in [2.75, 3.05) is 18.1 Å². The van der Waals surface area contributed by atoms with Crippen molar-refractivity contribution in [3.63, 3.8) is 0 Å². The summed E-state index contributed by atoms with van der Waals surface area (Å²) in [6, 6.07) is 10.1. The molecule has 0 radical (unpaired) electrons. The number of nitro groups is 1. The van der Waals surface area contributed by atoms with Gasteiger partial charge >= 0.3 is 6.18 Å². The average molecular weight is 478 g/mol. The fourth-order valence-electron chi connectivity index (χ4n) is 3.39. The lowest BCUT2D eigenvalue weighted by molar-refractivity contribution is -0.385. The van der Waals surface area contributed by atoms with E-state index in [1.165, 1.54) is 22.3 Å². The number of anilines is 1. The molecular weight excluding hydrogens is 461 g/mol. The van der Waals surface area contributed by atoms with Crippen LogP contribution in [0, 0.1) is 17.0 Å². The number of fused-ring (bicyclic) bond motifs is 1. The van der Waals surface area contributed by atoms with Gasteiger partial charge in [-0.05, 0) is 43.3 Å². The van der Waals surface area contributed by atoms with Gasteiger partial charge in [0.25, 0.3) is 11.6 Å². The van der Waals surface area contributed by atoms with Crippen molar-refractivity contribution < 1.29 is 32.4 Å². The molecule has 0 saturated heterocycles. The molecule has 0 saturated carbocycles. The Hall–Kier alpha value is -3.60. The van der Waals surface area contributed by atoms with Crippen LogP contribution in [0.2, 0.25) is 0 Å². The van der Waals surface area contributed by atoms with E-state index >= 15 is 0 Å². The zero-order chi connectivity index (χ0) is 23.8. The Kier molecular flexibility index (Phi) is 5.98. The molecule has 0 N–H and O–H groups in total. The minimum atomic E-state index is -4.77. The molecule has 0 bridgehead atoms. The summed E-state index contributed by atoms with van der Waals surface area (Å²) in [5.74, 6) is -0.0950. The van der Waals surface area contributed by atoms with Crippen molar-refractivity contribution in [3.8, 4) is 11.5 Å². The maximum atomic E-state index is 13.5. The van der Waals surface area contributed by atoms with E-state index in [1.807, 2.05) is 13.0 Å². The van der Waals surface area contributed by atoms with Gasteiger partial charge in [-0.15, -0.1) is 11.3 Å². The Bertz CT molecular complexity index is 1220. The molecule has 1 amide bonds. The number of ether oxygens (including phenoxy) is 2. The molecule has 1 aliphatic heterocycles. The van der Waals surface area contributed by atoms with Gasteiger partial charge in [0.15, 0.2) is 11.5 Å². The van der Waals surface area contributed by atoms with E-state index in [0.29, 0.717) is 48.6 Å². The molecule has 1 aliphatic rings. The minimum Gasteiger partial charge on any atom is -0.486 e. The number of hydrogen-bond acceptors (Lipinski definition) is 6. The number of thiophene rings is 1. The summed E-state index contributed by atoms with van der Waals surface area (Å²) in [5, 5.41) is 11.5. The van der Waals surface area contributed by atoms with Gasteiger partial charge in [0.1, 0.15) is 18.8 Å². The lowest BCUT2D eigenvalue weighted by atomic mass is 10.1. The first kappa shape index (κ1) is 22.6. The zero-order valence-electron chi connectivity index (χ0n) is 17.2. The quantitative estimate of drug-likeness (QED) is 0.352. The number of carbonyl (C=O) groups is 1. The predicted octanol–water partition coefficient (Wildman–Crippen LogP) is 5.60. The monoisotopic (exact) mass is 478 g/mol. The van der Waals surface area contributed by atoms with Crippen LogP contribution in [0.5, 0.6) is 11.5 Å². The van der Waals surface area contributed by atoms with Crippen molar-refractivity contribution in [2.45, 2.75) is 19.6 Å². The summed E-state index contributed by atoms with van der Waals surface area (Å²) in [7, 11) is 0.